The molecule has 1 heterocycles. The molecule has 0 fully saturated rings. The van der Waals surface area contributed by atoms with E-state index in [9.17, 15) is 22.4 Å². The molecule has 40 heavy (non-hydrogen) atoms. The first-order valence-electron chi connectivity index (χ1n) is 13.0. The summed E-state index contributed by atoms with van der Waals surface area (Å²) in [5.41, 5.74) is 5.02. The van der Waals surface area contributed by atoms with Crippen molar-refractivity contribution >= 4 is 16.7 Å². The average molecular weight is 546 g/mol. The van der Waals surface area contributed by atoms with Crippen LogP contribution in [0.4, 0.5) is 17.6 Å². The quantitative estimate of drug-likeness (QED) is 0.191. The van der Waals surface area contributed by atoms with Crippen LogP contribution < -0.4 is 0 Å². The number of nitrogens with zero attached hydrogens (tertiary/aromatic N) is 1. The van der Waals surface area contributed by atoms with Crippen molar-refractivity contribution in [1.29, 1.82) is 0 Å². The van der Waals surface area contributed by atoms with Gasteiger partial charge in [0.15, 0.2) is 0 Å². The summed E-state index contributed by atoms with van der Waals surface area (Å²) >= 11 is 0. The van der Waals surface area contributed by atoms with Crippen LogP contribution in [0.5, 0.6) is 0 Å². The Morgan fingerprint density at radius 1 is 0.800 bits per heavy atom. The molecule has 0 atom stereocenters. The van der Waals surface area contributed by atoms with Gasteiger partial charge in [0.25, 0.3) is 5.91 Å². The fraction of sp³-hybridized carbons (Fsp3) is 0.182. The van der Waals surface area contributed by atoms with Crippen molar-refractivity contribution in [3.63, 3.8) is 0 Å². The van der Waals surface area contributed by atoms with Crippen molar-refractivity contribution in [2.24, 2.45) is 0 Å². The predicted molar refractivity (Wildman–Crippen MR) is 147 cm³/mol. The number of amides is 1. The second-order valence-electron chi connectivity index (χ2n) is 9.77. The van der Waals surface area contributed by atoms with E-state index < -0.39 is 23.7 Å². The number of carbonyl (C=O) groups excluding carboxylic acids is 1. The molecule has 0 saturated heterocycles. The zero-order valence-electron chi connectivity index (χ0n) is 22.1. The lowest BCUT2D eigenvalue weighted by Gasteiger charge is -2.24. The van der Waals surface area contributed by atoms with Gasteiger partial charge in [-0.25, -0.2) is 4.39 Å². The summed E-state index contributed by atoms with van der Waals surface area (Å²) in [6.45, 7) is 3.77. The van der Waals surface area contributed by atoms with Gasteiger partial charge in [-0.1, -0.05) is 79.7 Å². The van der Waals surface area contributed by atoms with E-state index in [1.165, 1.54) is 28.7 Å². The number of carbonyl (C=O) groups is 1. The van der Waals surface area contributed by atoms with Crippen molar-refractivity contribution in [2.45, 2.75) is 39.5 Å². The summed E-state index contributed by atoms with van der Waals surface area (Å²) in [6.07, 6.45) is -3.72. The Hall–Kier alpha value is -4.39. The number of furan rings is 1. The van der Waals surface area contributed by atoms with Crippen LogP contribution in [0, 0.1) is 12.7 Å². The molecular formula is C33H27F4NO2. The van der Waals surface area contributed by atoms with Crippen molar-refractivity contribution in [3.8, 4) is 11.1 Å². The van der Waals surface area contributed by atoms with E-state index in [1.54, 1.807) is 25.1 Å². The Balaban J connectivity index is 1.50. The topological polar surface area (TPSA) is 33.5 Å². The van der Waals surface area contributed by atoms with E-state index in [4.69, 9.17) is 4.42 Å². The Morgan fingerprint density at radius 3 is 2.25 bits per heavy atom. The van der Waals surface area contributed by atoms with Crippen molar-refractivity contribution in [3.05, 3.63) is 131 Å². The highest BCUT2D eigenvalue weighted by Gasteiger charge is 2.35. The van der Waals surface area contributed by atoms with Gasteiger partial charge in [0.2, 0.25) is 5.76 Å². The lowest BCUT2D eigenvalue weighted by molar-refractivity contribution is -0.153. The zero-order chi connectivity index (χ0) is 28.4. The van der Waals surface area contributed by atoms with Gasteiger partial charge in [-0.2, -0.15) is 13.2 Å². The van der Waals surface area contributed by atoms with Gasteiger partial charge in [0, 0.05) is 11.9 Å². The molecule has 1 amide bonds. The Kier molecular flexibility index (Phi) is 7.48. The summed E-state index contributed by atoms with van der Waals surface area (Å²) in [7, 11) is 0. The standard InChI is InChI=1S/C33H27F4NO2/c1-3-22-6-4-7-25(18-22)24-13-11-23(12-14-24)19-38(20-26-15-17-30(40-26)33(35,36)37)32(39)31-21(2)10-16-27-28(31)8-5-9-29(27)34/h4-18H,3,19-20H2,1-2H3. The van der Waals surface area contributed by atoms with Gasteiger partial charge in [0.1, 0.15) is 11.6 Å². The van der Waals surface area contributed by atoms with Gasteiger partial charge < -0.3 is 9.32 Å². The van der Waals surface area contributed by atoms with Crippen LogP contribution in [0.25, 0.3) is 21.9 Å². The van der Waals surface area contributed by atoms with Gasteiger partial charge in [-0.3, -0.25) is 4.79 Å². The van der Waals surface area contributed by atoms with Crippen molar-refractivity contribution in [2.75, 3.05) is 0 Å². The smallest absolute Gasteiger partial charge is 0.449 e. The van der Waals surface area contributed by atoms with Crippen molar-refractivity contribution < 1.29 is 26.8 Å². The van der Waals surface area contributed by atoms with Crippen LogP contribution in [0.3, 0.4) is 0 Å². The van der Waals surface area contributed by atoms with Gasteiger partial charge in [-0.05, 0) is 64.7 Å². The van der Waals surface area contributed by atoms with Crippen molar-refractivity contribution in [1.82, 2.24) is 4.90 Å². The molecule has 0 aliphatic heterocycles. The fourth-order valence-electron chi connectivity index (χ4n) is 4.87. The van der Waals surface area contributed by atoms with Crippen LogP contribution in [0.15, 0.2) is 95.4 Å². The van der Waals surface area contributed by atoms with Crippen LogP contribution in [-0.4, -0.2) is 10.8 Å². The maximum Gasteiger partial charge on any atom is 0.449 e. The minimum atomic E-state index is -4.64. The number of alkyl halides is 3. The third-order valence-electron chi connectivity index (χ3n) is 7.00. The van der Waals surface area contributed by atoms with Crippen LogP contribution >= 0.6 is 0 Å². The highest BCUT2D eigenvalue weighted by molar-refractivity contribution is 6.08. The summed E-state index contributed by atoms with van der Waals surface area (Å²) in [6, 6.07) is 25.8. The largest absolute Gasteiger partial charge is 0.455 e. The average Bonchev–Trinajstić information content (AvgIpc) is 3.42. The molecule has 5 aromatic rings. The number of hydrogen-bond donors (Lipinski definition) is 0. The van der Waals surface area contributed by atoms with E-state index in [2.05, 4.69) is 19.1 Å². The number of aryl methyl sites for hydroxylation is 2. The minimum Gasteiger partial charge on any atom is -0.455 e. The highest BCUT2D eigenvalue weighted by atomic mass is 19.4. The van der Waals surface area contributed by atoms with Gasteiger partial charge in [0.05, 0.1) is 12.1 Å². The Bertz CT molecular complexity index is 1670. The van der Waals surface area contributed by atoms with E-state index in [0.29, 0.717) is 21.9 Å². The van der Waals surface area contributed by atoms with Gasteiger partial charge >= 0.3 is 6.18 Å². The SMILES string of the molecule is CCc1cccc(-c2ccc(CN(Cc3ccc(C(F)(F)F)o3)C(=O)c3c(C)ccc4c(F)cccc34)cc2)c1. The molecule has 1 aromatic heterocycles. The lowest BCUT2D eigenvalue weighted by Crippen LogP contribution is -2.30. The maximum atomic E-state index is 14.5. The van der Waals surface area contributed by atoms with E-state index in [1.807, 2.05) is 36.4 Å². The van der Waals surface area contributed by atoms with E-state index >= 15 is 0 Å². The molecule has 0 aliphatic rings. The molecule has 5 rings (SSSR count). The second-order valence-corrected chi connectivity index (χ2v) is 9.77. The minimum absolute atomic E-state index is 0.00209. The number of hydrogen-bond acceptors (Lipinski definition) is 2. The van der Waals surface area contributed by atoms with Gasteiger partial charge in [-0.15, -0.1) is 0 Å². The molecule has 0 saturated carbocycles. The normalized spacial score (nSPS) is 11.7. The molecule has 0 unspecified atom stereocenters. The first-order chi connectivity index (χ1) is 19.1. The zero-order valence-corrected chi connectivity index (χ0v) is 22.1. The number of rotatable bonds is 7. The third kappa shape index (κ3) is 5.64. The first kappa shape index (κ1) is 27.2. The molecule has 3 nitrogen and oxygen atoms in total. The molecule has 0 N–H and O–H groups in total. The molecule has 0 bridgehead atoms. The van der Waals surface area contributed by atoms with Crippen LogP contribution in [0.2, 0.25) is 0 Å². The molecule has 4 aromatic carbocycles. The molecule has 0 spiro atoms. The monoisotopic (exact) mass is 545 g/mol. The second kappa shape index (κ2) is 11.0. The number of fused-ring (bicyclic) bond motifs is 1. The van der Waals surface area contributed by atoms with E-state index in [-0.39, 0.29) is 18.8 Å². The van der Waals surface area contributed by atoms with E-state index in [0.717, 1.165) is 29.2 Å². The lowest BCUT2D eigenvalue weighted by atomic mass is 9.97. The maximum absolute atomic E-state index is 14.5. The number of benzene rings is 4. The third-order valence-corrected chi connectivity index (χ3v) is 7.00. The molecule has 0 radical (unpaired) electrons. The summed E-state index contributed by atoms with van der Waals surface area (Å²) in [4.78, 5) is 15.4. The summed E-state index contributed by atoms with van der Waals surface area (Å²) in [5.74, 6) is -2.02. The summed E-state index contributed by atoms with van der Waals surface area (Å²) < 4.78 is 59.2. The van der Waals surface area contributed by atoms with Crippen LogP contribution in [0.1, 0.15) is 45.5 Å². The summed E-state index contributed by atoms with van der Waals surface area (Å²) in [5, 5.41) is 0.740. The highest BCUT2D eigenvalue weighted by Crippen LogP contribution is 2.32. The Morgan fingerprint density at radius 2 is 1.55 bits per heavy atom. The molecule has 7 heteroatoms. The number of halogens is 4. The predicted octanol–water partition coefficient (Wildman–Crippen LogP) is 8.97. The fourth-order valence-corrected chi connectivity index (χ4v) is 4.87. The molecule has 0 aliphatic carbocycles. The molecule has 204 valence electrons. The first-order valence-corrected chi connectivity index (χ1v) is 13.0. The van der Waals surface area contributed by atoms with Crippen LogP contribution in [-0.2, 0) is 25.7 Å². The Labute approximate surface area is 229 Å². The molecular weight excluding hydrogens is 518 g/mol.